The highest BCUT2D eigenvalue weighted by atomic mass is 35.5. The van der Waals surface area contributed by atoms with Crippen molar-refractivity contribution in [2.45, 2.75) is 18.9 Å². The Balaban J connectivity index is 2.19. The van der Waals surface area contributed by atoms with E-state index in [1.165, 1.54) is 26.3 Å². The topological polar surface area (TPSA) is 78.9 Å². The van der Waals surface area contributed by atoms with E-state index in [0.29, 0.717) is 0 Å². The summed E-state index contributed by atoms with van der Waals surface area (Å²) in [6.07, 6.45) is 1.86. The summed E-state index contributed by atoms with van der Waals surface area (Å²) < 4.78 is 4.89. The molecule has 0 radical (unpaired) electrons. The van der Waals surface area contributed by atoms with Gasteiger partial charge in [-0.25, -0.2) is 4.79 Å². The summed E-state index contributed by atoms with van der Waals surface area (Å²) in [6, 6.07) is 2.18. The Morgan fingerprint density at radius 2 is 2.10 bits per heavy atom. The molecule has 0 unspecified atom stereocenters. The van der Waals surface area contributed by atoms with Gasteiger partial charge in [0.1, 0.15) is 0 Å². The van der Waals surface area contributed by atoms with E-state index in [0.717, 1.165) is 17.7 Å². The largest absolute Gasteiger partial charge is 0.504 e. The van der Waals surface area contributed by atoms with Crippen LogP contribution in [-0.2, 0) is 0 Å². The summed E-state index contributed by atoms with van der Waals surface area (Å²) in [6.45, 7) is 0. The van der Waals surface area contributed by atoms with Crippen LogP contribution < -0.4 is 10.1 Å². The minimum atomic E-state index is -0.592. The van der Waals surface area contributed by atoms with Crippen molar-refractivity contribution in [1.82, 2.24) is 10.2 Å². The number of phenols is 1. The fraction of sp³-hybridized carbons (Fsp3) is 0.385. The van der Waals surface area contributed by atoms with Crippen LogP contribution in [0.2, 0.25) is 5.02 Å². The fourth-order valence-corrected chi connectivity index (χ4v) is 1.88. The normalized spacial score (nSPS) is 13.8. The second kappa shape index (κ2) is 5.58. The van der Waals surface area contributed by atoms with E-state index in [4.69, 9.17) is 16.3 Å². The number of ether oxygens (including phenoxy) is 1. The molecule has 1 aliphatic rings. The number of imide groups is 1. The quantitative estimate of drug-likeness (QED) is 0.894. The van der Waals surface area contributed by atoms with Gasteiger partial charge < -0.3 is 15.2 Å². The third-order valence-electron chi connectivity index (χ3n) is 3.01. The molecule has 2 rings (SSSR count). The van der Waals surface area contributed by atoms with Crippen LogP contribution >= 0.6 is 11.6 Å². The average Bonchev–Trinajstić information content (AvgIpc) is 3.23. The zero-order valence-electron chi connectivity index (χ0n) is 11.1. The van der Waals surface area contributed by atoms with Gasteiger partial charge >= 0.3 is 6.03 Å². The van der Waals surface area contributed by atoms with Gasteiger partial charge in [-0.15, -0.1) is 0 Å². The standard InChI is InChI=1S/C13H15ClN2O4/c1-16(13(19)15-7-3-4-7)12(18)8-5-10(17)11(20-2)6-9(8)14/h5-7,17H,3-4H2,1-2H3,(H,15,19). The molecule has 1 aliphatic carbocycles. The van der Waals surface area contributed by atoms with Crippen LogP contribution in [0, 0.1) is 0 Å². The van der Waals surface area contributed by atoms with Gasteiger partial charge in [0.05, 0.1) is 17.7 Å². The lowest BCUT2D eigenvalue weighted by atomic mass is 10.1. The Bertz CT molecular complexity index is 558. The predicted octanol–water partition coefficient (Wildman–Crippen LogP) is 2.00. The van der Waals surface area contributed by atoms with Crippen molar-refractivity contribution >= 4 is 23.5 Å². The van der Waals surface area contributed by atoms with E-state index in [-0.39, 0.29) is 28.1 Å². The first kappa shape index (κ1) is 14.5. The number of hydrogen-bond acceptors (Lipinski definition) is 4. The van der Waals surface area contributed by atoms with Gasteiger partial charge in [-0.2, -0.15) is 0 Å². The maximum absolute atomic E-state index is 12.2. The first-order valence-electron chi connectivity index (χ1n) is 6.09. The third-order valence-corrected chi connectivity index (χ3v) is 3.33. The van der Waals surface area contributed by atoms with Crippen LogP contribution in [0.4, 0.5) is 4.79 Å². The molecule has 6 nitrogen and oxygen atoms in total. The molecule has 3 amide bonds. The zero-order valence-corrected chi connectivity index (χ0v) is 11.9. The number of nitrogens with one attached hydrogen (secondary N) is 1. The van der Waals surface area contributed by atoms with Crippen molar-refractivity contribution in [2.24, 2.45) is 0 Å². The van der Waals surface area contributed by atoms with Gasteiger partial charge in [0.25, 0.3) is 5.91 Å². The van der Waals surface area contributed by atoms with Crippen LogP contribution in [0.3, 0.4) is 0 Å². The molecule has 1 saturated carbocycles. The van der Waals surface area contributed by atoms with Crippen molar-refractivity contribution in [3.63, 3.8) is 0 Å². The Morgan fingerprint density at radius 3 is 2.65 bits per heavy atom. The summed E-state index contributed by atoms with van der Waals surface area (Å²) >= 11 is 5.97. The number of hydrogen-bond donors (Lipinski definition) is 2. The molecule has 0 spiro atoms. The fourth-order valence-electron chi connectivity index (χ4n) is 1.64. The molecule has 0 atom stereocenters. The number of carbonyl (C=O) groups is 2. The van der Waals surface area contributed by atoms with Crippen LogP contribution in [0.1, 0.15) is 23.2 Å². The van der Waals surface area contributed by atoms with Gasteiger partial charge in [-0.05, 0) is 18.9 Å². The lowest BCUT2D eigenvalue weighted by molar-refractivity contribution is 0.0831. The molecule has 0 heterocycles. The Hall–Kier alpha value is -1.95. The van der Waals surface area contributed by atoms with Gasteiger partial charge in [-0.1, -0.05) is 11.6 Å². The monoisotopic (exact) mass is 298 g/mol. The van der Waals surface area contributed by atoms with Crippen LogP contribution in [0.25, 0.3) is 0 Å². The molecular formula is C13H15ClN2O4. The number of urea groups is 1. The highest BCUT2D eigenvalue weighted by molar-refractivity contribution is 6.34. The number of halogens is 1. The SMILES string of the molecule is COc1cc(Cl)c(C(=O)N(C)C(=O)NC2CC2)cc1O. The van der Waals surface area contributed by atoms with Gasteiger partial charge in [0.15, 0.2) is 11.5 Å². The molecule has 108 valence electrons. The number of amides is 3. The van der Waals surface area contributed by atoms with Gasteiger partial charge in [0, 0.05) is 19.2 Å². The summed E-state index contributed by atoms with van der Waals surface area (Å²) in [5.74, 6) is -0.640. The lowest BCUT2D eigenvalue weighted by Gasteiger charge is -2.17. The average molecular weight is 299 g/mol. The number of rotatable bonds is 3. The molecule has 20 heavy (non-hydrogen) atoms. The Morgan fingerprint density at radius 1 is 1.45 bits per heavy atom. The number of benzene rings is 1. The van der Waals surface area contributed by atoms with E-state index >= 15 is 0 Å². The van der Waals surface area contributed by atoms with E-state index < -0.39 is 11.9 Å². The molecule has 0 aliphatic heterocycles. The summed E-state index contributed by atoms with van der Waals surface area (Å²) in [4.78, 5) is 24.9. The van der Waals surface area contributed by atoms with E-state index in [9.17, 15) is 14.7 Å². The summed E-state index contributed by atoms with van der Waals surface area (Å²) in [5.41, 5.74) is 0.0402. The molecule has 2 N–H and O–H groups in total. The molecular weight excluding hydrogens is 284 g/mol. The molecule has 1 aromatic rings. The molecule has 7 heteroatoms. The summed E-state index contributed by atoms with van der Waals surface area (Å²) in [7, 11) is 2.74. The smallest absolute Gasteiger partial charge is 0.324 e. The molecule has 1 aromatic carbocycles. The van der Waals surface area contributed by atoms with E-state index in [1.54, 1.807) is 0 Å². The van der Waals surface area contributed by atoms with Gasteiger partial charge in [0.2, 0.25) is 0 Å². The second-order valence-electron chi connectivity index (χ2n) is 4.59. The summed E-state index contributed by atoms with van der Waals surface area (Å²) in [5, 5.41) is 12.5. The minimum absolute atomic E-state index is 0.0402. The van der Waals surface area contributed by atoms with Crippen LogP contribution in [0.5, 0.6) is 11.5 Å². The zero-order chi connectivity index (χ0) is 14.9. The Labute approximate surface area is 121 Å². The van der Waals surface area contributed by atoms with E-state index in [2.05, 4.69) is 5.32 Å². The highest BCUT2D eigenvalue weighted by Gasteiger charge is 2.28. The molecule has 0 bridgehead atoms. The minimum Gasteiger partial charge on any atom is -0.504 e. The highest BCUT2D eigenvalue weighted by Crippen LogP contribution is 2.32. The number of carbonyl (C=O) groups excluding carboxylic acids is 2. The molecule has 0 saturated heterocycles. The maximum Gasteiger partial charge on any atom is 0.324 e. The number of aromatic hydroxyl groups is 1. The molecule has 0 aromatic heterocycles. The van der Waals surface area contributed by atoms with Crippen molar-refractivity contribution in [3.8, 4) is 11.5 Å². The number of nitrogens with zero attached hydrogens (tertiary/aromatic N) is 1. The van der Waals surface area contributed by atoms with E-state index in [1.807, 2.05) is 0 Å². The predicted molar refractivity (Wildman–Crippen MR) is 73.3 cm³/mol. The van der Waals surface area contributed by atoms with Crippen molar-refractivity contribution < 1.29 is 19.4 Å². The lowest BCUT2D eigenvalue weighted by Crippen LogP contribution is -2.42. The number of phenolic OH excluding ortho intramolecular Hbond substituents is 1. The maximum atomic E-state index is 12.2. The van der Waals surface area contributed by atoms with Crippen LogP contribution in [-0.4, -0.2) is 42.1 Å². The Kier molecular flexibility index (Phi) is 4.04. The van der Waals surface area contributed by atoms with Crippen molar-refractivity contribution in [1.29, 1.82) is 0 Å². The second-order valence-corrected chi connectivity index (χ2v) is 5.00. The van der Waals surface area contributed by atoms with Gasteiger partial charge in [-0.3, -0.25) is 9.69 Å². The molecule has 1 fully saturated rings. The third kappa shape index (κ3) is 2.96. The van der Waals surface area contributed by atoms with Crippen LogP contribution in [0.15, 0.2) is 12.1 Å². The van der Waals surface area contributed by atoms with Crippen molar-refractivity contribution in [3.05, 3.63) is 22.7 Å². The first-order chi connectivity index (χ1) is 9.43. The number of methoxy groups -OCH3 is 1. The first-order valence-corrected chi connectivity index (χ1v) is 6.47. The van der Waals surface area contributed by atoms with Crippen molar-refractivity contribution in [2.75, 3.05) is 14.2 Å².